The van der Waals surface area contributed by atoms with Crippen LogP contribution in [0.3, 0.4) is 0 Å². The second-order valence-electron chi connectivity index (χ2n) is 4.21. The lowest BCUT2D eigenvalue weighted by Crippen LogP contribution is -2.12. The molecule has 0 spiro atoms. The molecule has 0 atom stereocenters. The number of hydrogen-bond donors (Lipinski definition) is 2. The minimum Gasteiger partial charge on any atom is -0.396 e. The van der Waals surface area contributed by atoms with Gasteiger partial charge in [-0.1, -0.05) is 18.6 Å². The van der Waals surface area contributed by atoms with Crippen molar-refractivity contribution in [1.82, 2.24) is 5.32 Å². The lowest BCUT2D eigenvalue weighted by molar-refractivity contribution is 0.0965. The Bertz CT molecular complexity index is 388. The predicted octanol–water partition coefficient (Wildman–Crippen LogP) is 1.64. The lowest BCUT2D eigenvalue weighted by atomic mass is 10.0. The Labute approximate surface area is 95.5 Å². The number of nitrogens with one attached hydrogen (secondary N) is 1. The zero-order valence-electron chi connectivity index (χ0n) is 9.33. The Morgan fingerprint density at radius 1 is 1.25 bits per heavy atom. The summed E-state index contributed by atoms with van der Waals surface area (Å²) >= 11 is 0. The monoisotopic (exact) mass is 219 g/mol. The van der Waals surface area contributed by atoms with Crippen LogP contribution in [-0.2, 0) is 13.0 Å². The number of carbonyl (C=O) groups is 1. The first-order valence-electron chi connectivity index (χ1n) is 5.82. The molecule has 2 rings (SSSR count). The van der Waals surface area contributed by atoms with E-state index in [1.54, 1.807) is 0 Å². The average Bonchev–Trinajstić information content (AvgIpc) is 2.67. The van der Waals surface area contributed by atoms with Crippen LogP contribution in [0, 0.1) is 0 Å². The molecule has 1 aliphatic heterocycles. The largest absolute Gasteiger partial charge is 0.396 e. The van der Waals surface area contributed by atoms with Crippen molar-refractivity contribution in [3.63, 3.8) is 0 Å². The highest BCUT2D eigenvalue weighted by atomic mass is 16.2. The van der Waals surface area contributed by atoms with Crippen LogP contribution in [-0.4, -0.2) is 17.6 Å². The first kappa shape index (κ1) is 11.1. The number of fused-ring (bicyclic) bond motifs is 1. The second-order valence-corrected chi connectivity index (χ2v) is 4.21. The Hall–Kier alpha value is -1.35. The SMILES string of the molecule is O=C1NCc2ccc(CCCCCO)cc21. The van der Waals surface area contributed by atoms with Gasteiger partial charge >= 0.3 is 0 Å². The summed E-state index contributed by atoms with van der Waals surface area (Å²) in [7, 11) is 0. The van der Waals surface area contributed by atoms with Gasteiger partial charge in [0, 0.05) is 18.7 Å². The maximum absolute atomic E-state index is 11.4. The molecule has 2 N–H and O–H groups in total. The fourth-order valence-electron chi connectivity index (χ4n) is 2.03. The van der Waals surface area contributed by atoms with Crippen LogP contribution in [0.15, 0.2) is 18.2 Å². The van der Waals surface area contributed by atoms with Gasteiger partial charge < -0.3 is 10.4 Å². The molecule has 0 unspecified atom stereocenters. The van der Waals surface area contributed by atoms with Crippen LogP contribution >= 0.6 is 0 Å². The zero-order chi connectivity index (χ0) is 11.4. The van der Waals surface area contributed by atoms with Gasteiger partial charge in [-0.15, -0.1) is 0 Å². The van der Waals surface area contributed by atoms with E-state index in [2.05, 4.69) is 11.4 Å². The predicted molar refractivity (Wildman–Crippen MR) is 62.3 cm³/mol. The van der Waals surface area contributed by atoms with Crippen molar-refractivity contribution in [3.05, 3.63) is 34.9 Å². The van der Waals surface area contributed by atoms with E-state index in [-0.39, 0.29) is 12.5 Å². The molecule has 1 heterocycles. The van der Waals surface area contributed by atoms with E-state index < -0.39 is 0 Å². The number of aliphatic hydroxyl groups excluding tert-OH is 1. The van der Waals surface area contributed by atoms with Gasteiger partial charge in [-0.3, -0.25) is 4.79 Å². The summed E-state index contributed by atoms with van der Waals surface area (Å²) in [6.07, 6.45) is 3.97. The molecule has 0 radical (unpaired) electrons. The summed E-state index contributed by atoms with van der Waals surface area (Å²) in [5, 5.41) is 11.5. The van der Waals surface area contributed by atoms with Gasteiger partial charge in [0.05, 0.1) is 0 Å². The number of unbranched alkanes of at least 4 members (excludes halogenated alkanes) is 2. The fourth-order valence-corrected chi connectivity index (χ4v) is 2.03. The third-order valence-electron chi connectivity index (χ3n) is 2.98. The molecular formula is C13H17NO2. The fraction of sp³-hybridized carbons (Fsp3) is 0.462. The second kappa shape index (κ2) is 5.12. The molecule has 1 aliphatic rings. The molecule has 1 aromatic carbocycles. The van der Waals surface area contributed by atoms with Crippen LogP contribution in [0.5, 0.6) is 0 Å². The van der Waals surface area contributed by atoms with Crippen LogP contribution in [0.25, 0.3) is 0 Å². The molecule has 3 nitrogen and oxygen atoms in total. The van der Waals surface area contributed by atoms with Crippen molar-refractivity contribution < 1.29 is 9.90 Å². The summed E-state index contributed by atoms with van der Waals surface area (Å²) in [4.78, 5) is 11.4. The van der Waals surface area contributed by atoms with Gasteiger partial charge in [0.1, 0.15) is 0 Å². The van der Waals surface area contributed by atoms with Gasteiger partial charge in [-0.05, 0) is 36.5 Å². The number of amides is 1. The summed E-state index contributed by atoms with van der Waals surface area (Å²) < 4.78 is 0. The third kappa shape index (κ3) is 2.42. The molecule has 0 aromatic heterocycles. The van der Waals surface area contributed by atoms with Crippen LogP contribution in [0.1, 0.15) is 40.7 Å². The minimum atomic E-state index is 0.0483. The molecule has 0 saturated heterocycles. The van der Waals surface area contributed by atoms with Crippen LogP contribution in [0.2, 0.25) is 0 Å². The van der Waals surface area contributed by atoms with Gasteiger partial charge in [-0.25, -0.2) is 0 Å². The van der Waals surface area contributed by atoms with Crippen molar-refractivity contribution in [3.8, 4) is 0 Å². The molecule has 86 valence electrons. The number of carbonyl (C=O) groups excluding carboxylic acids is 1. The first-order valence-corrected chi connectivity index (χ1v) is 5.82. The van der Waals surface area contributed by atoms with Crippen LogP contribution in [0.4, 0.5) is 0 Å². The van der Waals surface area contributed by atoms with Gasteiger partial charge in [0.15, 0.2) is 0 Å². The summed E-state index contributed by atoms with van der Waals surface area (Å²) in [5.41, 5.74) is 3.15. The Morgan fingerprint density at radius 2 is 2.12 bits per heavy atom. The Morgan fingerprint density at radius 3 is 2.94 bits per heavy atom. The van der Waals surface area contributed by atoms with Gasteiger partial charge in [-0.2, -0.15) is 0 Å². The topological polar surface area (TPSA) is 49.3 Å². The van der Waals surface area contributed by atoms with Crippen molar-refractivity contribution in [2.75, 3.05) is 6.61 Å². The van der Waals surface area contributed by atoms with Crippen molar-refractivity contribution in [2.24, 2.45) is 0 Å². The van der Waals surface area contributed by atoms with Crippen molar-refractivity contribution in [1.29, 1.82) is 0 Å². The maximum Gasteiger partial charge on any atom is 0.251 e. The smallest absolute Gasteiger partial charge is 0.251 e. The average molecular weight is 219 g/mol. The van der Waals surface area contributed by atoms with E-state index >= 15 is 0 Å². The van der Waals surface area contributed by atoms with E-state index in [4.69, 9.17) is 5.11 Å². The molecule has 1 aromatic rings. The summed E-state index contributed by atoms with van der Waals surface area (Å²) in [5.74, 6) is 0.0483. The quantitative estimate of drug-likeness (QED) is 0.739. The zero-order valence-corrected chi connectivity index (χ0v) is 9.33. The highest BCUT2D eigenvalue weighted by Gasteiger charge is 2.18. The molecule has 0 fully saturated rings. The molecule has 0 aliphatic carbocycles. The van der Waals surface area contributed by atoms with Gasteiger partial charge in [0.2, 0.25) is 0 Å². The normalized spacial score (nSPS) is 13.7. The standard InChI is InChI=1S/C13H17NO2/c15-7-3-1-2-4-10-5-6-11-9-14-13(16)12(11)8-10/h5-6,8,15H,1-4,7,9H2,(H,14,16). The van der Waals surface area contributed by atoms with Crippen molar-refractivity contribution in [2.45, 2.75) is 32.2 Å². The lowest BCUT2D eigenvalue weighted by Gasteiger charge is -2.03. The molecule has 0 bridgehead atoms. The molecule has 1 amide bonds. The van der Waals surface area contributed by atoms with Crippen molar-refractivity contribution >= 4 is 5.91 Å². The minimum absolute atomic E-state index is 0.0483. The Balaban J connectivity index is 1.96. The van der Waals surface area contributed by atoms with E-state index in [1.807, 2.05) is 12.1 Å². The Kier molecular flexibility index (Phi) is 3.57. The summed E-state index contributed by atoms with van der Waals surface area (Å²) in [6, 6.07) is 6.13. The highest BCUT2D eigenvalue weighted by molar-refractivity contribution is 5.98. The number of hydrogen-bond acceptors (Lipinski definition) is 2. The number of benzene rings is 1. The molecular weight excluding hydrogens is 202 g/mol. The summed E-state index contributed by atoms with van der Waals surface area (Å²) in [6.45, 7) is 0.936. The van der Waals surface area contributed by atoms with Crippen LogP contribution < -0.4 is 5.32 Å². The highest BCUT2D eigenvalue weighted by Crippen LogP contribution is 2.18. The van der Waals surface area contributed by atoms with Gasteiger partial charge in [0.25, 0.3) is 5.91 Å². The van der Waals surface area contributed by atoms with E-state index in [0.717, 1.165) is 36.8 Å². The molecule has 3 heteroatoms. The molecule has 0 saturated carbocycles. The van der Waals surface area contributed by atoms with E-state index in [0.29, 0.717) is 6.54 Å². The third-order valence-corrected chi connectivity index (χ3v) is 2.98. The van der Waals surface area contributed by atoms with E-state index in [1.165, 1.54) is 5.56 Å². The first-order chi connectivity index (χ1) is 7.81. The maximum atomic E-state index is 11.4. The molecule has 16 heavy (non-hydrogen) atoms. The number of aliphatic hydroxyl groups is 1. The number of rotatable bonds is 5. The number of aryl methyl sites for hydroxylation is 1. The van der Waals surface area contributed by atoms with E-state index in [9.17, 15) is 4.79 Å².